The molecular weight excluding hydrogens is 314 g/mol. The Morgan fingerprint density at radius 3 is 2.52 bits per heavy atom. The van der Waals surface area contributed by atoms with E-state index in [0.29, 0.717) is 11.3 Å². The van der Waals surface area contributed by atoms with E-state index in [9.17, 15) is 13.2 Å². The van der Waals surface area contributed by atoms with Crippen LogP contribution in [0.15, 0.2) is 24.3 Å². The molecule has 1 aromatic carbocycles. The molecule has 0 aliphatic carbocycles. The summed E-state index contributed by atoms with van der Waals surface area (Å²) in [5.74, 6) is -0.113. The van der Waals surface area contributed by atoms with Crippen molar-refractivity contribution in [2.45, 2.75) is 26.7 Å². The zero-order valence-electron chi connectivity index (χ0n) is 13.7. The van der Waals surface area contributed by atoms with Crippen molar-refractivity contribution >= 4 is 21.6 Å². The Morgan fingerprint density at radius 1 is 1.35 bits per heavy atom. The Kier molecular flexibility index (Phi) is 7.04. The van der Waals surface area contributed by atoms with Gasteiger partial charge in [0.2, 0.25) is 15.9 Å². The molecule has 1 aromatic rings. The lowest BCUT2D eigenvalue weighted by Gasteiger charge is -2.23. The van der Waals surface area contributed by atoms with E-state index in [1.54, 1.807) is 18.2 Å². The third kappa shape index (κ3) is 5.57. The molecule has 0 aliphatic rings. The fourth-order valence-electron chi connectivity index (χ4n) is 2.30. The first-order chi connectivity index (χ1) is 10.8. The van der Waals surface area contributed by atoms with Crippen molar-refractivity contribution in [2.75, 3.05) is 23.7 Å². The number of hydrogen-bond donors (Lipinski definition) is 1. The van der Waals surface area contributed by atoms with Gasteiger partial charge in [0.25, 0.3) is 0 Å². The van der Waals surface area contributed by atoms with E-state index in [-0.39, 0.29) is 24.9 Å². The van der Waals surface area contributed by atoms with Gasteiger partial charge in [-0.1, -0.05) is 19.9 Å². The van der Waals surface area contributed by atoms with Crippen LogP contribution in [0.1, 0.15) is 32.3 Å². The smallest absolute Gasteiger partial charge is 0.232 e. The van der Waals surface area contributed by atoms with Crippen molar-refractivity contribution in [1.29, 1.82) is 5.26 Å². The Morgan fingerprint density at radius 2 is 2.00 bits per heavy atom. The normalized spacial score (nSPS) is 11.1. The number of hydrogen-bond acceptors (Lipinski definition) is 4. The molecule has 1 rings (SSSR count). The molecule has 0 heterocycles. The van der Waals surface area contributed by atoms with Crippen molar-refractivity contribution in [2.24, 2.45) is 5.92 Å². The lowest BCUT2D eigenvalue weighted by Crippen LogP contribution is -2.40. The summed E-state index contributed by atoms with van der Waals surface area (Å²) in [6.07, 6.45) is 2.61. The number of nitriles is 1. The summed E-state index contributed by atoms with van der Waals surface area (Å²) in [5, 5.41) is 11.7. The Bertz CT molecular complexity index is 676. The number of anilines is 1. The molecule has 126 valence electrons. The van der Waals surface area contributed by atoms with E-state index in [2.05, 4.69) is 5.32 Å². The maximum absolute atomic E-state index is 12.0. The molecule has 6 nitrogen and oxygen atoms in total. The van der Waals surface area contributed by atoms with Crippen molar-refractivity contribution < 1.29 is 13.2 Å². The molecule has 0 saturated heterocycles. The Balaban J connectivity index is 2.82. The van der Waals surface area contributed by atoms with E-state index >= 15 is 0 Å². The number of amides is 1. The van der Waals surface area contributed by atoms with Gasteiger partial charge in [0.1, 0.15) is 0 Å². The van der Waals surface area contributed by atoms with E-state index in [4.69, 9.17) is 5.26 Å². The van der Waals surface area contributed by atoms with Crippen LogP contribution in [0, 0.1) is 17.2 Å². The molecule has 0 unspecified atom stereocenters. The molecule has 0 bridgehead atoms. The quantitative estimate of drug-likeness (QED) is 0.784. The lowest BCUT2D eigenvalue weighted by atomic mass is 10.0. The molecule has 0 aromatic heterocycles. The maximum Gasteiger partial charge on any atom is 0.232 e. The van der Waals surface area contributed by atoms with Crippen molar-refractivity contribution in [3.63, 3.8) is 0 Å². The molecule has 7 heteroatoms. The van der Waals surface area contributed by atoms with Gasteiger partial charge in [-0.3, -0.25) is 9.10 Å². The van der Waals surface area contributed by atoms with Crippen LogP contribution in [0.3, 0.4) is 0 Å². The third-order valence-corrected chi connectivity index (χ3v) is 4.83. The first kappa shape index (κ1) is 19.0. The average Bonchev–Trinajstić information content (AvgIpc) is 2.51. The fraction of sp³-hybridized carbons (Fsp3) is 0.500. The summed E-state index contributed by atoms with van der Waals surface area (Å²) < 4.78 is 25.2. The van der Waals surface area contributed by atoms with Crippen LogP contribution in [0.25, 0.3) is 0 Å². The van der Waals surface area contributed by atoms with Crippen LogP contribution in [0.5, 0.6) is 0 Å². The predicted octanol–water partition coefficient (Wildman–Crippen LogP) is 1.88. The zero-order chi connectivity index (χ0) is 17.5. The van der Waals surface area contributed by atoms with Gasteiger partial charge in [0.15, 0.2) is 0 Å². The summed E-state index contributed by atoms with van der Waals surface area (Å²) in [5.41, 5.74) is 0.806. The number of rotatable bonds is 8. The van der Waals surface area contributed by atoms with Gasteiger partial charge in [-0.2, -0.15) is 5.26 Å². The molecule has 0 saturated carbocycles. The average molecular weight is 337 g/mol. The standard InChI is InChI=1S/C16H23N3O3S/c1-4-14(5-2)16(20)18-9-10-19(23(3,21)22)15-8-6-7-13(11-15)12-17/h6-8,11,14H,4-5,9-10H2,1-3H3,(H,18,20). The number of sulfonamides is 1. The highest BCUT2D eigenvalue weighted by molar-refractivity contribution is 7.92. The molecule has 23 heavy (non-hydrogen) atoms. The van der Waals surface area contributed by atoms with Gasteiger partial charge in [0.05, 0.1) is 30.1 Å². The summed E-state index contributed by atoms with van der Waals surface area (Å²) >= 11 is 0. The van der Waals surface area contributed by atoms with Crippen LogP contribution in [-0.2, 0) is 14.8 Å². The minimum absolute atomic E-state index is 0.0522. The highest BCUT2D eigenvalue weighted by Gasteiger charge is 2.19. The molecular formula is C16H23N3O3S. The summed E-state index contributed by atoms with van der Waals surface area (Å²) in [4.78, 5) is 12.0. The van der Waals surface area contributed by atoms with Crippen molar-refractivity contribution in [1.82, 2.24) is 5.32 Å². The van der Waals surface area contributed by atoms with Crippen LogP contribution in [-0.4, -0.2) is 33.7 Å². The van der Waals surface area contributed by atoms with Crippen LogP contribution in [0.2, 0.25) is 0 Å². The van der Waals surface area contributed by atoms with Crippen LogP contribution >= 0.6 is 0 Å². The highest BCUT2D eigenvalue weighted by Crippen LogP contribution is 2.18. The molecule has 0 spiro atoms. The van der Waals surface area contributed by atoms with Gasteiger partial charge in [-0.25, -0.2) is 8.42 Å². The first-order valence-electron chi connectivity index (χ1n) is 7.59. The topological polar surface area (TPSA) is 90.3 Å². The monoisotopic (exact) mass is 337 g/mol. The van der Waals surface area contributed by atoms with Crippen molar-refractivity contribution in [3.8, 4) is 6.07 Å². The second kappa shape index (κ2) is 8.53. The highest BCUT2D eigenvalue weighted by atomic mass is 32.2. The Labute approximate surface area is 138 Å². The molecule has 1 N–H and O–H groups in total. The largest absolute Gasteiger partial charge is 0.354 e. The zero-order valence-corrected chi connectivity index (χ0v) is 14.6. The minimum Gasteiger partial charge on any atom is -0.354 e. The lowest BCUT2D eigenvalue weighted by molar-refractivity contribution is -0.125. The van der Waals surface area contributed by atoms with E-state index < -0.39 is 10.0 Å². The van der Waals surface area contributed by atoms with E-state index in [1.165, 1.54) is 10.4 Å². The second-order valence-corrected chi connectivity index (χ2v) is 7.21. The maximum atomic E-state index is 12.0. The number of nitrogens with zero attached hydrogens (tertiary/aromatic N) is 2. The molecule has 0 radical (unpaired) electrons. The number of carbonyl (C=O) groups excluding carboxylic acids is 1. The minimum atomic E-state index is -3.50. The summed E-state index contributed by atoms with van der Waals surface area (Å²) in [6, 6.07) is 8.38. The third-order valence-electron chi connectivity index (χ3n) is 3.63. The van der Waals surface area contributed by atoms with Crippen LogP contribution < -0.4 is 9.62 Å². The van der Waals surface area contributed by atoms with Gasteiger partial charge in [-0.05, 0) is 31.0 Å². The molecule has 0 aliphatic heterocycles. The van der Waals surface area contributed by atoms with Gasteiger partial charge in [0, 0.05) is 12.5 Å². The van der Waals surface area contributed by atoms with E-state index in [1.807, 2.05) is 19.9 Å². The van der Waals surface area contributed by atoms with Gasteiger partial charge in [-0.15, -0.1) is 0 Å². The fourth-order valence-corrected chi connectivity index (χ4v) is 3.22. The number of nitrogens with one attached hydrogen (secondary N) is 1. The SMILES string of the molecule is CCC(CC)C(=O)NCCN(c1cccc(C#N)c1)S(C)(=O)=O. The van der Waals surface area contributed by atoms with Gasteiger partial charge >= 0.3 is 0 Å². The Hall–Kier alpha value is -2.07. The number of carbonyl (C=O) groups is 1. The molecule has 0 atom stereocenters. The van der Waals surface area contributed by atoms with Crippen molar-refractivity contribution in [3.05, 3.63) is 29.8 Å². The van der Waals surface area contributed by atoms with Crippen LogP contribution in [0.4, 0.5) is 5.69 Å². The second-order valence-electron chi connectivity index (χ2n) is 5.30. The summed E-state index contributed by atoms with van der Waals surface area (Å²) in [6.45, 7) is 4.24. The molecule has 1 amide bonds. The van der Waals surface area contributed by atoms with Gasteiger partial charge < -0.3 is 5.32 Å². The molecule has 0 fully saturated rings. The first-order valence-corrected chi connectivity index (χ1v) is 9.43. The number of benzene rings is 1. The summed E-state index contributed by atoms with van der Waals surface area (Å²) in [7, 11) is -3.50. The predicted molar refractivity (Wildman–Crippen MR) is 90.4 cm³/mol. The van der Waals surface area contributed by atoms with E-state index in [0.717, 1.165) is 19.1 Å².